The molecule has 4 rings (SSSR count). The highest BCUT2D eigenvalue weighted by Crippen LogP contribution is 2.54. The summed E-state index contributed by atoms with van der Waals surface area (Å²) in [7, 11) is 0. The Morgan fingerprint density at radius 3 is 2.48 bits per heavy atom. The van der Waals surface area contributed by atoms with Crippen LogP contribution in [0.2, 0.25) is 10.0 Å². The Morgan fingerprint density at radius 2 is 1.88 bits per heavy atom. The molecule has 1 saturated heterocycles. The maximum atomic E-state index is 14.3. The predicted molar refractivity (Wildman–Crippen MR) is 142 cm³/mol. The number of hydrogen-bond donors (Lipinski definition) is 0. The number of hydrogen-bond acceptors (Lipinski definition) is 2. The van der Waals surface area contributed by atoms with Crippen LogP contribution >= 0.6 is 35.0 Å². The summed E-state index contributed by atoms with van der Waals surface area (Å²) in [5, 5.41) is 1.44. The second kappa shape index (κ2) is 10.5. The van der Waals surface area contributed by atoms with Crippen LogP contribution < -0.4 is 0 Å². The van der Waals surface area contributed by atoms with Crippen LogP contribution in [0.5, 0.6) is 0 Å². The molecule has 3 unspecified atom stereocenters. The molecule has 1 amide bonds. The van der Waals surface area contributed by atoms with E-state index >= 15 is 0 Å². The van der Waals surface area contributed by atoms with Crippen molar-refractivity contribution in [3.05, 3.63) is 82.4 Å². The molecule has 176 valence electrons. The zero-order valence-electron chi connectivity index (χ0n) is 19.5. The highest BCUT2D eigenvalue weighted by Gasteiger charge is 2.53. The highest BCUT2D eigenvalue weighted by molar-refractivity contribution is 7.99. The van der Waals surface area contributed by atoms with E-state index in [1.807, 2.05) is 42.1 Å². The van der Waals surface area contributed by atoms with E-state index in [1.165, 1.54) is 18.4 Å². The molecule has 33 heavy (non-hydrogen) atoms. The van der Waals surface area contributed by atoms with Crippen LogP contribution in [-0.4, -0.2) is 28.4 Å². The molecule has 4 atom stereocenters. The maximum Gasteiger partial charge on any atom is 0.229 e. The summed E-state index contributed by atoms with van der Waals surface area (Å²) in [6.07, 6.45) is 5.74. The first-order valence-electron chi connectivity index (χ1n) is 11.9. The van der Waals surface area contributed by atoms with E-state index in [0.717, 1.165) is 28.5 Å². The molecule has 0 spiro atoms. The normalized spacial score (nSPS) is 26.3. The van der Waals surface area contributed by atoms with Crippen LogP contribution in [0.25, 0.3) is 0 Å². The summed E-state index contributed by atoms with van der Waals surface area (Å²) >= 11 is 14.6. The number of likely N-dealkylation sites (tertiary alicyclic amines) is 1. The quantitative estimate of drug-likeness (QED) is 0.323. The average Bonchev–Trinajstić information content (AvgIpc) is 3.63. The first-order chi connectivity index (χ1) is 15.9. The average molecular weight is 503 g/mol. The third-order valence-corrected chi connectivity index (χ3v) is 8.67. The Hall–Kier alpha value is -1.42. The number of rotatable bonds is 9. The fourth-order valence-electron chi connectivity index (χ4n) is 5.42. The first kappa shape index (κ1) is 24.7. The monoisotopic (exact) mass is 501 g/mol. The van der Waals surface area contributed by atoms with Gasteiger partial charge in [0.05, 0.1) is 11.5 Å². The van der Waals surface area contributed by atoms with E-state index < -0.39 is 5.41 Å². The minimum Gasteiger partial charge on any atom is -0.330 e. The molecule has 2 aromatic carbocycles. The van der Waals surface area contributed by atoms with Gasteiger partial charge in [0.25, 0.3) is 0 Å². The van der Waals surface area contributed by atoms with Crippen molar-refractivity contribution in [1.29, 1.82) is 0 Å². The molecule has 5 heteroatoms. The third kappa shape index (κ3) is 5.31. The predicted octanol–water partition coefficient (Wildman–Crippen LogP) is 8.16. The van der Waals surface area contributed by atoms with Crippen LogP contribution in [0.1, 0.15) is 62.6 Å². The van der Waals surface area contributed by atoms with Gasteiger partial charge >= 0.3 is 0 Å². The topological polar surface area (TPSA) is 20.3 Å². The number of thioether (sulfide) groups is 1. The molecular weight excluding hydrogens is 469 g/mol. The number of amides is 1. The second-order valence-corrected chi connectivity index (χ2v) is 11.9. The summed E-state index contributed by atoms with van der Waals surface area (Å²) in [6.45, 7) is 8.31. The Bertz CT molecular complexity index is 990. The maximum absolute atomic E-state index is 14.3. The Balaban J connectivity index is 1.88. The summed E-state index contributed by atoms with van der Waals surface area (Å²) < 4.78 is 0. The summed E-state index contributed by atoms with van der Waals surface area (Å²) in [5.74, 6) is 3.01. The van der Waals surface area contributed by atoms with E-state index in [1.54, 1.807) is 0 Å². The molecule has 1 saturated carbocycles. The van der Waals surface area contributed by atoms with Gasteiger partial charge in [-0.1, -0.05) is 67.4 Å². The van der Waals surface area contributed by atoms with Crippen molar-refractivity contribution in [2.24, 2.45) is 11.3 Å². The lowest BCUT2D eigenvalue weighted by Crippen LogP contribution is -2.56. The van der Waals surface area contributed by atoms with Gasteiger partial charge in [-0.2, -0.15) is 11.8 Å². The van der Waals surface area contributed by atoms with Crippen molar-refractivity contribution >= 4 is 40.9 Å². The largest absolute Gasteiger partial charge is 0.330 e. The molecule has 0 aromatic heterocycles. The number of carbonyl (C=O) groups is 1. The van der Waals surface area contributed by atoms with Gasteiger partial charge in [-0.05, 0) is 72.7 Å². The fraction of sp³-hybridized carbons (Fsp3) is 0.464. The van der Waals surface area contributed by atoms with Crippen LogP contribution in [-0.2, 0) is 4.79 Å². The molecule has 0 bridgehead atoms. The lowest BCUT2D eigenvalue weighted by molar-refractivity contribution is -0.154. The number of halogens is 2. The molecule has 2 fully saturated rings. The Morgan fingerprint density at radius 1 is 1.15 bits per heavy atom. The van der Waals surface area contributed by atoms with E-state index in [2.05, 4.69) is 49.6 Å². The van der Waals surface area contributed by atoms with E-state index in [9.17, 15) is 4.79 Å². The van der Waals surface area contributed by atoms with Crippen LogP contribution in [0.15, 0.2) is 61.2 Å². The van der Waals surface area contributed by atoms with Crippen molar-refractivity contribution in [1.82, 2.24) is 4.90 Å². The summed E-state index contributed by atoms with van der Waals surface area (Å²) in [6, 6.07) is 16.4. The molecule has 2 aromatic rings. The first-order valence-corrected chi connectivity index (χ1v) is 13.8. The van der Waals surface area contributed by atoms with Gasteiger partial charge in [-0.25, -0.2) is 0 Å². The molecule has 0 N–H and O–H groups in total. The van der Waals surface area contributed by atoms with Gasteiger partial charge in [0, 0.05) is 27.8 Å². The number of benzene rings is 2. The van der Waals surface area contributed by atoms with Crippen LogP contribution in [0.4, 0.5) is 0 Å². The van der Waals surface area contributed by atoms with Crippen molar-refractivity contribution in [2.45, 2.75) is 57.5 Å². The van der Waals surface area contributed by atoms with Crippen molar-refractivity contribution in [3.8, 4) is 0 Å². The van der Waals surface area contributed by atoms with Gasteiger partial charge < -0.3 is 4.90 Å². The van der Waals surface area contributed by atoms with Gasteiger partial charge in [0.2, 0.25) is 5.91 Å². The smallest absolute Gasteiger partial charge is 0.229 e. The number of nitrogens with zero attached hydrogens (tertiary/aromatic N) is 1. The van der Waals surface area contributed by atoms with Gasteiger partial charge in [-0.3, -0.25) is 4.79 Å². The molecule has 2 nitrogen and oxygen atoms in total. The van der Waals surface area contributed by atoms with Gasteiger partial charge in [0.1, 0.15) is 0 Å². The number of allylic oxidation sites excluding steroid dienone is 1. The zero-order chi connectivity index (χ0) is 23.6. The van der Waals surface area contributed by atoms with Crippen LogP contribution in [0.3, 0.4) is 0 Å². The molecule has 1 aliphatic carbocycles. The Labute approximate surface area is 212 Å². The number of carbonyl (C=O) groups excluding carboxylic acids is 1. The molecule has 1 heterocycles. The van der Waals surface area contributed by atoms with Gasteiger partial charge in [-0.15, -0.1) is 6.58 Å². The standard InChI is InChI=1S/C28H33Cl2NOS/c1-4-15-28(3)17-24(21-7-6-8-23(30)16-21)26(20-11-13-22(29)14-12-20)31(27(28)32)25(18-33-5-2)19-9-10-19/h4,6-8,11-14,16,19,24-26H,1,5,9-10,15,17-18H2,2-3H3/t24?,25-,26?,28?/m1/s1. The molecule has 0 radical (unpaired) electrons. The Kier molecular flexibility index (Phi) is 7.83. The molecule has 2 aliphatic rings. The lowest BCUT2D eigenvalue weighted by atomic mass is 9.67. The second-order valence-electron chi connectivity index (χ2n) is 9.69. The summed E-state index contributed by atoms with van der Waals surface area (Å²) in [4.78, 5) is 16.6. The molecule has 1 aliphatic heterocycles. The third-order valence-electron chi connectivity index (χ3n) is 7.20. The van der Waals surface area contributed by atoms with Crippen LogP contribution in [0, 0.1) is 11.3 Å². The van der Waals surface area contributed by atoms with E-state index in [4.69, 9.17) is 23.2 Å². The highest BCUT2D eigenvalue weighted by atomic mass is 35.5. The minimum atomic E-state index is -0.484. The van der Waals surface area contributed by atoms with E-state index in [0.29, 0.717) is 17.4 Å². The van der Waals surface area contributed by atoms with Gasteiger partial charge in [0.15, 0.2) is 0 Å². The van der Waals surface area contributed by atoms with Crippen molar-refractivity contribution in [2.75, 3.05) is 11.5 Å². The number of piperidine rings is 1. The summed E-state index contributed by atoms with van der Waals surface area (Å²) in [5.41, 5.74) is 1.85. The van der Waals surface area contributed by atoms with Crippen molar-refractivity contribution < 1.29 is 4.79 Å². The minimum absolute atomic E-state index is 0.0471. The fourth-order valence-corrected chi connectivity index (χ4v) is 6.65. The lowest BCUT2D eigenvalue weighted by Gasteiger charge is -2.52. The van der Waals surface area contributed by atoms with Crippen molar-refractivity contribution in [3.63, 3.8) is 0 Å². The zero-order valence-corrected chi connectivity index (χ0v) is 21.8. The van der Waals surface area contributed by atoms with E-state index in [-0.39, 0.29) is 23.9 Å². The molecular formula is C28H33Cl2NOS. The SMILES string of the molecule is C=CCC1(C)CC(c2cccc(Cl)c2)C(c2ccc(Cl)cc2)N([C@H](CSCC)C2CC2)C1=O.